The van der Waals surface area contributed by atoms with Crippen LogP contribution in [0.3, 0.4) is 0 Å². The number of nitrogens with two attached hydrogens (primary N) is 1. The van der Waals surface area contributed by atoms with Crippen LogP contribution >= 0.6 is 23.2 Å². The van der Waals surface area contributed by atoms with Crippen LogP contribution in [-0.4, -0.2) is 9.78 Å². The second-order valence-corrected chi connectivity index (χ2v) is 5.82. The van der Waals surface area contributed by atoms with Crippen molar-refractivity contribution in [2.45, 2.75) is 6.18 Å². The van der Waals surface area contributed by atoms with Gasteiger partial charge in [0.1, 0.15) is 5.82 Å². The van der Waals surface area contributed by atoms with E-state index >= 15 is 0 Å². The summed E-state index contributed by atoms with van der Waals surface area (Å²) in [5, 5.41) is 4.04. The highest BCUT2D eigenvalue weighted by Crippen LogP contribution is 2.43. The second-order valence-electron chi connectivity index (χ2n) is 4.98. The Hall–Kier alpha value is -2.18. The van der Waals surface area contributed by atoms with Crippen molar-refractivity contribution in [2.24, 2.45) is 0 Å². The third-order valence-electron chi connectivity index (χ3n) is 3.39. The molecule has 124 valence electrons. The Morgan fingerprint density at radius 2 is 1.67 bits per heavy atom. The number of nitrogens with zero attached hydrogens (tertiary/aromatic N) is 2. The van der Waals surface area contributed by atoms with Gasteiger partial charge in [-0.05, 0) is 24.3 Å². The van der Waals surface area contributed by atoms with E-state index in [-0.39, 0.29) is 22.0 Å². The molecule has 2 aromatic carbocycles. The monoisotopic (exact) mass is 371 g/mol. The minimum atomic E-state index is -4.69. The highest BCUT2D eigenvalue weighted by atomic mass is 35.5. The molecule has 1 aromatic heterocycles. The minimum absolute atomic E-state index is 0.0623. The number of anilines is 1. The summed E-state index contributed by atoms with van der Waals surface area (Å²) in [6.45, 7) is 0. The molecule has 0 aliphatic rings. The Balaban J connectivity index is 2.30. The SMILES string of the molecule is Nc1c(-c2ccc(Cl)cc2Cl)c(C(F)(F)F)nn1-c1ccccc1. The van der Waals surface area contributed by atoms with E-state index in [9.17, 15) is 13.2 Å². The van der Waals surface area contributed by atoms with Crippen molar-refractivity contribution < 1.29 is 13.2 Å². The number of halogens is 5. The Morgan fingerprint density at radius 1 is 1.00 bits per heavy atom. The highest BCUT2D eigenvalue weighted by molar-refractivity contribution is 6.36. The summed E-state index contributed by atoms with van der Waals surface area (Å²) in [7, 11) is 0. The number of para-hydroxylation sites is 1. The van der Waals surface area contributed by atoms with E-state index in [1.165, 1.54) is 18.2 Å². The van der Waals surface area contributed by atoms with E-state index in [2.05, 4.69) is 5.10 Å². The Kier molecular flexibility index (Phi) is 4.19. The van der Waals surface area contributed by atoms with Gasteiger partial charge < -0.3 is 5.73 Å². The molecule has 0 saturated carbocycles. The van der Waals surface area contributed by atoms with Gasteiger partial charge in [-0.25, -0.2) is 4.68 Å². The molecule has 0 saturated heterocycles. The van der Waals surface area contributed by atoms with Gasteiger partial charge in [0, 0.05) is 10.6 Å². The van der Waals surface area contributed by atoms with E-state index in [1.807, 2.05) is 0 Å². The quantitative estimate of drug-likeness (QED) is 0.650. The molecule has 3 nitrogen and oxygen atoms in total. The van der Waals surface area contributed by atoms with Crippen LogP contribution in [0.25, 0.3) is 16.8 Å². The van der Waals surface area contributed by atoms with Crippen molar-refractivity contribution in [1.82, 2.24) is 9.78 Å². The van der Waals surface area contributed by atoms with Gasteiger partial charge in [0.15, 0.2) is 5.69 Å². The average Bonchev–Trinajstić information content (AvgIpc) is 2.86. The maximum Gasteiger partial charge on any atom is 0.435 e. The molecule has 8 heteroatoms. The van der Waals surface area contributed by atoms with Crippen LogP contribution < -0.4 is 5.73 Å². The lowest BCUT2D eigenvalue weighted by atomic mass is 10.0. The Morgan fingerprint density at radius 3 is 2.25 bits per heavy atom. The first-order valence-electron chi connectivity index (χ1n) is 6.75. The predicted octanol–water partition coefficient (Wildman–Crippen LogP) is 5.45. The molecule has 0 fully saturated rings. The van der Waals surface area contributed by atoms with Crippen LogP contribution in [-0.2, 0) is 6.18 Å². The lowest BCUT2D eigenvalue weighted by molar-refractivity contribution is -0.140. The smallest absolute Gasteiger partial charge is 0.383 e. The largest absolute Gasteiger partial charge is 0.435 e. The molecule has 24 heavy (non-hydrogen) atoms. The number of aromatic nitrogens is 2. The standard InChI is InChI=1S/C16H10Cl2F3N3/c17-9-6-7-11(12(18)8-9)13-14(16(19,20)21)23-24(15(13)22)10-4-2-1-3-5-10/h1-8H,22H2. The molecule has 0 radical (unpaired) electrons. The van der Waals surface area contributed by atoms with Gasteiger partial charge in [0.25, 0.3) is 0 Å². The topological polar surface area (TPSA) is 43.8 Å². The van der Waals surface area contributed by atoms with Crippen LogP contribution in [0.1, 0.15) is 5.69 Å². The van der Waals surface area contributed by atoms with Gasteiger partial charge in [0.2, 0.25) is 0 Å². The predicted molar refractivity (Wildman–Crippen MR) is 88.4 cm³/mol. The molecule has 3 rings (SSSR count). The zero-order valence-electron chi connectivity index (χ0n) is 12.0. The molecule has 3 aromatic rings. The fraction of sp³-hybridized carbons (Fsp3) is 0.0625. The number of alkyl halides is 3. The molecule has 0 unspecified atom stereocenters. The van der Waals surface area contributed by atoms with Crippen molar-refractivity contribution in [1.29, 1.82) is 0 Å². The number of benzene rings is 2. The van der Waals surface area contributed by atoms with E-state index in [0.29, 0.717) is 10.7 Å². The zero-order chi connectivity index (χ0) is 17.5. The van der Waals surface area contributed by atoms with E-state index < -0.39 is 11.9 Å². The lowest BCUT2D eigenvalue weighted by Gasteiger charge is -2.09. The summed E-state index contributed by atoms with van der Waals surface area (Å²) < 4.78 is 41.4. The molecule has 0 aliphatic carbocycles. The van der Waals surface area contributed by atoms with Crippen LogP contribution in [0, 0.1) is 0 Å². The number of nitrogen functional groups attached to an aromatic ring is 1. The molecule has 0 aliphatic heterocycles. The van der Waals surface area contributed by atoms with Gasteiger partial charge >= 0.3 is 6.18 Å². The highest BCUT2D eigenvalue weighted by Gasteiger charge is 2.40. The van der Waals surface area contributed by atoms with Crippen LogP contribution in [0.5, 0.6) is 0 Å². The summed E-state index contributed by atoms with van der Waals surface area (Å²) in [4.78, 5) is 0. The summed E-state index contributed by atoms with van der Waals surface area (Å²) in [5.74, 6) is -0.155. The third-order valence-corrected chi connectivity index (χ3v) is 3.94. The molecule has 0 bridgehead atoms. The van der Waals surface area contributed by atoms with E-state index in [1.54, 1.807) is 30.3 Å². The second kappa shape index (κ2) is 6.03. The van der Waals surface area contributed by atoms with Gasteiger partial charge in [-0.3, -0.25) is 0 Å². The first kappa shape index (κ1) is 16.7. The molecule has 0 spiro atoms. The van der Waals surface area contributed by atoms with Crippen molar-refractivity contribution in [2.75, 3.05) is 5.73 Å². The summed E-state index contributed by atoms with van der Waals surface area (Å²) in [6.07, 6.45) is -4.69. The Bertz CT molecular complexity index is 890. The molecular formula is C16H10Cl2F3N3. The third kappa shape index (κ3) is 2.95. The number of hydrogen-bond donors (Lipinski definition) is 1. The van der Waals surface area contributed by atoms with Crippen molar-refractivity contribution in [3.63, 3.8) is 0 Å². The summed E-state index contributed by atoms with van der Waals surface area (Å²) in [6, 6.07) is 12.5. The summed E-state index contributed by atoms with van der Waals surface area (Å²) >= 11 is 11.9. The first-order valence-corrected chi connectivity index (χ1v) is 7.51. The zero-order valence-corrected chi connectivity index (χ0v) is 13.5. The van der Waals surface area contributed by atoms with Crippen LogP contribution in [0.4, 0.5) is 19.0 Å². The lowest BCUT2D eigenvalue weighted by Crippen LogP contribution is -2.08. The van der Waals surface area contributed by atoms with E-state index in [0.717, 1.165) is 4.68 Å². The number of rotatable bonds is 2. The molecule has 0 amide bonds. The van der Waals surface area contributed by atoms with E-state index in [4.69, 9.17) is 28.9 Å². The average molecular weight is 372 g/mol. The first-order chi connectivity index (χ1) is 11.3. The fourth-order valence-electron chi connectivity index (χ4n) is 2.35. The Labute approximate surface area is 145 Å². The molecule has 2 N–H and O–H groups in total. The normalized spacial score (nSPS) is 11.7. The van der Waals surface area contributed by atoms with Crippen LogP contribution in [0.2, 0.25) is 10.0 Å². The molecular weight excluding hydrogens is 362 g/mol. The summed E-state index contributed by atoms with van der Waals surface area (Å²) in [5.41, 5.74) is 5.14. The van der Waals surface area contributed by atoms with Gasteiger partial charge in [0.05, 0.1) is 16.3 Å². The van der Waals surface area contributed by atoms with Crippen LogP contribution in [0.15, 0.2) is 48.5 Å². The van der Waals surface area contributed by atoms with Gasteiger partial charge in [-0.1, -0.05) is 47.5 Å². The fourth-order valence-corrected chi connectivity index (χ4v) is 2.86. The maximum atomic E-state index is 13.5. The van der Waals surface area contributed by atoms with Crippen molar-refractivity contribution in [3.8, 4) is 16.8 Å². The molecule has 0 atom stereocenters. The minimum Gasteiger partial charge on any atom is -0.383 e. The molecule has 1 heterocycles. The van der Waals surface area contributed by atoms with Gasteiger partial charge in [-0.15, -0.1) is 0 Å². The number of hydrogen-bond acceptors (Lipinski definition) is 2. The van der Waals surface area contributed by atoms with Crippen molar-refractivity contribution >= 4 is 29.0 Å². The van der Waals surface area contributed by atoms with Gasteiger partial charge in [-0.2, -0.15) is 18.3 Å². The maximum absolute atomic E-state index is 13.5. The van der Waals surface area contributed by atoms with Crippen molar-refractivity contribution in [3.05, 3.63) is 64.3 Å².